The molecular formula is C14H22O6. The Kier molecular flexibility index (Phi) is 5.76. The average molecular weight is 286 g/mol. The van der Waals surface area contributed by atoms with Crippen molar-refractivity contribution < 1.29 is 29.9 Å². The molecule has 2 atom stereocenters. The van der Waals surface area contributed by atoms with Crippen molar-refractivity contribution in [3.05, 3.63) is 22.3 Å². The second-order valence-electron chi connectivity index (χ2n) is 4.70. The Morgan fingerprint density at radius 1 is 0.800 bits per heavy atom. The molecule has 114 valence electrons. The van der Waals surface area contributed by atoms with Gasteiger partial charge in [0.05, 0.1) is 25.4 Å². The zero-order chi connectivity index (χ0) is 15.4. The van der Waals surface area contributed by atoms with Crippen LogP contribution in [0, 0.1) is 0 Å². The van der Waals surface area contributed by atoms with E-state index in [1.807, 2.05) is 0 Å². The first kappa shape index (κ1) is 16.7. The standard InChI is InChI=1S/C14H22O6/c1-7(15)11-12(8(2)16)14(18)10(6-20-4)9(5-19-3)13(11)17/h7-8,15-18H,5-6H2,1-4H3. The molecule has 0 heterocycles. The lowest BCUT2D eigenvalue weighted by Gasteiger charge is -2.23. The van der Waals surface area contributed by atoms with Crippen LogP contribution in [0.3, 0.4) is 0 Å². The van der Waals surface area contributed by atoms with Gasteiger partial charge in [-0.25, -0.2) is 0 Å². The summed E-state index contributed by atoms with van der Waals surface area (Å²) >= 11 is 0. The van der Waals surface area contributed by atoms with Crippen LogP contribution < -0.4 is 0 Å². The number of methoxy groups -OCH3 is 2. The summed E-state index contributed by atoms with van der Waals surface area (Å²) in [5.74, 6) is -0.384. The van der Waals surface area contributed by atoms with Gasteiger partial charge in [-0.3, -0.25) is 0 Å². The first-order valence-corrected chi connectivity index (χ1v) is 6.30. The maximum absolute atomic E-state index is 10.3. The highest BCUT2D eigenvalue weighted by atomic mass is 16.5. The first-order chi connectivity index (χ1) is 9.36. The van der Waals surface area contributed by atoms with Crippen molar-refractivity contribution in [2.24, 2.45) is 0 Å². The van der Waals surface area contributed by atoms with Gasteiger partial charge in [0.2, 0.25) is 0 Å². The van der Waals surface area contributed by atoms with Crippen molar-refractivity contribution in [2.45, 2.75) is 39.3 Å². The maximum atomic E-state index is 10.3. The van der Waals surface area contributed by atoms with Gasteiger partial charge in [0.25, 0.3) is 0 Å². The molecule has 0 saturated heterocycles. The van der Waals surface area contributed by atoms with Gasteiger partial charge < -0.3 is 29.9 Å². The third kappa shape index (κ3) is 3.04. The van der Waals surface area contributed by atoms with E-state index in [0.29, 0.717) is 11.1 Å². The van der Waals surface area contributed by atoms with E-state index in [2.05, 4.69) is 0 Å². The normalized spacial score (nSPS) is 14.3. The van der Waals surface area contributed by atoms with E-state index in [1.54, 1.807) is 0 Å². The Labute approximate surface area is 118 Å². The largest absolute Gasteiger partial charge is 0.507 e. The highest BCUT2D eigenvalue weighted by molar-refractivity contribution is 5.59. The fourth-order valence-electron chi connectivity index (χ4n) is 2.31. The number of benzene rings is 1. The lowest BCUT2D eigenvalue weighted by molar-refractivity contribution is 0.152. The van der Waals surface area contributed by atoms with Crippen LogP contribution in [0.4, 0.5) is 0 Å². The third-order valence-corrected chi connectivity index (χ3v) is 3.15. The number of phenols is 2. The van der Waals surface area contributed by atoms with Crippen LogP contribution in [-0.2, 0) is 22.7 Å². The maximum Gasteiger partial charge on any atom is 0.127 e. The molecule has 1 aromatic rings. The molecule has 0 aromatic heterocycles. The number of aliphatic hydroxyl groups excluding tert-OH is 2. The van der Waals surface area contributed by atoms with Gasteiger partial charge in [0, 0.05) is 36.5 Å². The van der Waals surface area contributed by atoms with Gasteiger partial charge in [-0.2, -0.15) is 0 Å². The minimum Gasteiger partial charge on any atom is -0.507 e. The number of hydrogen-bond donors (Lipinski definition) is 4. The van der Waals surface area contributed by atoms with E-state index in [0.717, 1.165) is 0 Å². The van der Waals surface area contributed by atoms with Gasteiger partial charge >= 0.3 is 0 Å². The summed E-state index contributed by atoms with van der Waals surface area (Å²) in [6.07, 6.45) is -2.09. The first-order valence-electron chi connectivity index (χ1n) is 6.30. The van der Waals surface area contributed by atoms with E-state index < -0.39 is 12.2 Å². The molecule has 0 spiro atoms. The predicted molar refractivity (Wildman–Crippen MR) is 72.5 cm³/mol. The highest BCUT2D eigenvalue weighted by Gasteiger charge is 2.27. The molecule has 2 unspecified atom stereocenters. The van der Waals surface area contributed by atoms with Crippen LogP contribution >= 0.6 is 0 Å². The molecule has 0 fully saturated rings. The summed E-state index contributed by atoms with van der Waals surface area (Å²) in [5, 5.41) is 40.3. The third-order valence-electron chi connectivity index (χ3n) is 3.15. The van der Waals surface area contributed by atoms with Crippen molar-refractivity contribution in [3.8, 4) is 11.5 Å². The van der Waals surface area contributed by atoms with Gasteiger partial charge in [0.15, 0.2) is 0 Å². The molecule has 20 heavy (non-hydrogen) atoms. The Hall–Kier alpha value is -1.34. The number of aromatic hydroxyl groups is 2. The van der Waals surface area contributed by atoms with E-state index in [4.69, 9.17) is 9.47 Å². The van der Waals surface area contributed by atoms with Gasteiger partial charge in [-0.1, -0.05) is 0 Å². The van der Waals surface area contributed by atoms with Crippen molar-refractivity contribution >= 4 is 0 Å². The van der Waals surface area contributed by atoms with Crippen LogP contribution in [0.2, 0.25) is 0 Å². The summed E-state index contributed by atoms with van der Waals surface area (Å²) in [7, 11) is 2.91. The summed E-state index contributed by atoms with van der Waals surface area (Å²) in [6, 6.07) is 0. The lowest BCUT2D eigenvalue weighted by Crippen LogP contribution is -2.10. The Bertz CT molecular complexity index is 424. The molecule has 1 rings (SSSR count). The highest BCUT2D eigenvalue weighted by Crippen LogP contribution is 2.44. The predicted octanol–water partition coefficient (Wildman–Crippen LogP) is 1.50. The quantitative estimate of drug-likeness (QED) is 0.591. The molecular weight excluding hydrogens is 264 g/mol. The van der Waals surface area contributed by atoms with Gasteiger partial charge in [-0.15, -0.1) is 0 Å². The van der Waals surface area contributed by atoms with E-state index in [-0.39, 0.29) is 35.8 Å². The van der Waals surface area contributed by atoms with Crippen molar-refractivity contribution in [1.82, 2.24) is 0 Å². The molecule has 4 N–H and O–H groups in total. The topological polar surface area (TPSA) is 99.4 Å². The molecule has 0 aliphatic heterocycles. The van der Waals surface area contributed by atoms with Crippen molar-refractivity contribution in [3.63, 3.8) is 0 Å². The van der Waals surface area contributed by atoms with Gasteiger partial charge in [-0.05, 0) is 13.8 Å². The SMILES string of the molecule is COCc1c(O)c(C(C)O)c(C(C)O)c(O)c1COC. The number of hydrogen-bond acceptors (Lipinski definition) is 6. The number of aliphatic hydroxyl groups is 2. The van der Waals surface area contributed by atoms with E-state index >= 15 is 0 Å². The number of phenolic OH excluding ortho intramolecular Hbond substituents is 2. The fraction of sp³-hybridized carbons (Fsp3) is 0.571. The Morgan fingerprint density at radius 3 is 1.30 bits per heavy atom. The minimum atomic E-state index is -1.04. The molecule has 6 heteroatoms. The fourth-order valence-corrected chi connectivity index (χ4v) is 2.31. The molecule has 0 amide bonds. The summed E-state index contributed by atoms with van der Waals surface area (Å²) in [6.45, 7) is 3.01. The van der Waals surface area contributed by atoms with Crippen molar-refractivity contribution in [1.29, 1.82) is 0 Å². The number of rotatable bonds is 6. The zero-order valence-corrected chi connectivity index (χ0v) is 12.2. The molecule has 0 bridgehead atoms. The lowest BCUT2D eigenvalue weighted by atomic mass is 9.90. The monoisotopic (exact) mass is 286 g/mol. The van der Waals surface area contributed by atoms with Crippen LogP contribution in [0.5, 0.6) is 11.5 Å². The second kappa shape index (κ2) is 6.90. The van der Waals surface area contributed by atoms with Crippen LogP contribution in [0.1, 0.15) is 48.3 Å². The number of ether oxygens (including phenoxy) is 2. The summed E-state index contributed by atoms with van der Waals surface area (Å²) < 4.78 is 10.0. The summed E-state index contributed by atoms with van der Waals surface area (Å²) in [4.78, 5) is 0. The zero-order valence-electron chi connectivity index (χ0n) is 12.2. The molecule has 6 nitrogen and oxygen atoms in total. The van der Waals surface area contributed by atoms with Crippen LogP contribution in [0.15, 0.2) is 0 Å². The Balaban J connectivity index is 3.69. The molecule has 0 aliphatic carbocycles. The second-order valence-corrected chi connectivity index (χ2v) is 4.70. The van der Waals surface area contributed by atoms with E-state index in [1.165, 1.54) is 28.1 Å². The molecule has 1 aromatic carbocycles. The van der Waals surface area contributed by atoms with Crippen LogP contribution in [-0.4, -0.2) is 34.6 Å². The van der Waals surface area contributed by atoms with Gasteiger partial charge in [0.1, 0.15) is 11.5 Å². The molecule has 0 saturated carbocycles. The minimum absolute atomic E-state index is 0.0535. The average Bonchev–Trinajstić information content (AvgIpc) is 2.36. The van der Waals surface area contributed by atoms with Crippen molar-refractivity contribution in [2.75, 3.05) is 14.2 Å². The molecule has 0 radical (unpaired) electrons. The molecule has 0 aliphatic rings. The Morgan fingerprint density at radius 2 is 1.10 bits per heavy atom. The van der Waals surface area contributed by atoms with Crippen LogP contribution in [0.25, 0.3) is 0 Å². The smallest absolute Gasteiger partial charge is 0.127 e. The van der Waals surface area contributed by atoms with E-state index in [9.17, 15) is 20.4 Å². The summed E-state index contributed by atoms with van der Waals surface area (Å²) in [5.41, 5.74) is 0.883.